The molecule has 4 aromatic carbocycles. The maximum Gasteiger partial charge on any atom is 0.422 e. The standard InChI is InChI=1S/C25H18F6/c1-2-3-4-14-5-7-17-15(11-14)6-8-20-19(17)10-9-18(24(20)28)16-12-21(26)23(22(27)13-16)25(29,30)31/h5-13H,2-4H2,1H3. The number of alkyl halides is 3. The Labute approximate surface area is 175 Å². The lowest BCUT2D eigenvalue weighted by atomic mass is 9.94. The maximum absolute atomic E-state index is 15.3. The van der Waals surface area contributed by atoms with Crippen molar-refractivity contribution in [1.29, 1.82) is 0 Å². The van der Waals surface area contributed by atoms with Gasteiger partial charge in [0.15, 0.2) is 0 Å². The SMILES string of the molecule is CCCCc1ccc2c(ccc3c(F)c(-c4cc(F)c(C(F)(F)F)c(F)c4)ccc32)c1. The van der Waals surface area contributed by atoms with Crippen LogP contribution in [0.4, 0.5) is 26.3 Å². The Morgan fingerprint density at radius 2 is 1.39 bits per heavy atom. The molecule has 0 spiro atoms. The highest BCUT2D eigenvalue weighted by Crippen LogP contribution is 2.38. The first-order valence-electron chi connectivity index (χ1n) is 9.91. The molecule has 4 aromatic rings. The van der Waals surface area contributed by atoms with Crippen molar-refractivity contribution < 1.29 is 26.3 Å². The van der Waals surface area contributed by atoms with Gasteiger partial charge in [-0.2, -0.15) is 13.2 Å². The van der Waals surface area contributed by atoms with E-state index in [2.05, 4.69) is 13.0 Å². The molecule has 0 radical (unpaired) electrons. The van der Waals surface area contributed by atoms with E-state index >= 15 is 4.39 Å². The Balaban J connectivity index is 1.84. The van der Waals surface area contributed by atoms with Gasteiger partial charge in [-0.1, -0.05) is 55.8 Å². The Bertz CT molecular complexity index is 1260. The molecule has 0 unspecified atom stereocenters. The predicted molar refractivity (Wildman–Crippen MR) is 110 cm³/mol. The third-order valence-corrected chi connectivity index (χ3v) is 5.47. The van der Waals surface area contributed by atoms with Gasteiger partial charge in [-0.3, -0.25) is 0 Å². The molecule has 0 aliphatic rings. The number of benzene rings is 4. The molecule has 0 aliphatic carbocycles. The Hall–Kier alpha value is -3.02. The van der Waals surface area contributed by atoms with E-state index in [4.69, 9.17) is 0 Å². The average Bonchev–Trinajstić information content (AvgIpc) is 2.70. The molecule has 0 bridgehead atoms. The Kier molecular flexibility index (Phi) is 5.42. The van der Waals surface area contributed by atoms with Crippen LogP contribution < -0.4 is 0 Å². The minimum Gasteiger partial charge on any atom is -0.206 e. The predicted octanol–water partition coefficient (Wildman–Crippen LogP) is 8.44. The van der Waals surface area contributed by atoms with Crippen LogP contribution in [0.2, 0.25) is 0 Å². The van der Waals surface area contributed by atoms with Crippen LogP contribution in [-0.2, 0) is 12.6 Å². The van der Waals surface area contributed by atoms with Crippen molar-refractivity contribution in [2.24, 2.45) is 0 Å². The molecule has 6 heteroatoms. The van der Waals surface area contributed by atoms with Gasteiger partial charge in [-0.25, -0.2) is 13.2 Å². The van der Waals surface area contributed by atoms with E-state index in [1.54, 1.807) is 18.2 Å². The summed E-state index contributed by atoms with van der Waals surface area (Å²) in [5, 5.41) is 2.62. The van der Waals surface area contributed by atoms with Crippen LogP contribution in [0.3, 0.4) is 0 Å². The molecule has 0 atom stereocenters. The van der Waals surface area contributed by atoms with Crippen molar-refractivity contribution in [3.05, 3.63) is 83.2 Å². The third kappa shape index (κ3) is 3.87. The van der Waals surface area contributed by atoms with Gasteiger partial charge in [0.05, 0.1) is 0 Å². The summed E-state index contributed by atoms with van der Waals surface area (Å²) in [4.78, 5) is 0. The Morgan fingerprint density at radius 3 is 2.03 bits per heavy atom. The number of halogens is 6. The molecule has 0 fully saturated rings. The van der Waals surface area contributed by atoms with Crippen molar-refractivity contribution in [2.45, 2.75) is 32.4 Å². The molecule has 0 heterocycles. The van der Waals surface area contributed by atoms with Crippen molar-refractivity contribution in [3.8, 4) is 11.1 Å². The van der Waals surface area contributed by atoms with E-state index in [-0.39, 0.29) is 16.5 Å². The van der Waals surface area contributed by atoms with Crippen LogP contribution in [-0.4, -0.2) is 0 Å². The summed E-state index contributed by atoms with van der Waals surface area (Å²) in [7, 11) is 0. The van der Waals surface area contributed by atoms with Gasteiger partial charge in [-0.15, -0.1) is 0 Å². The molecule has 0 aromatic heterocycles. The minimum atomic E-state index is -5.18. The quantitative estimate of drug-likeness (QED) is 0.224. The van der Waals surface area contributed by atoms with Crippen LogP contribution in [0.15, 0.2) is 54.6 Å². The highest BCUT2D eigenvalue weighted by molar-refractivity contribution is 6.08. The highest BCUT2D eigenvalue weighted by Gasteiger charge is 2.38. The number of fused-ring (bicyclic) bond motifs is 3. The molecule has 0 amide bonds. The van der Waals surface area contributed by atoms with Crippen molar-refractivity contribution in [2.75, 3.05) is 0 Å². The number of hydrogen-bond acceptors (Lipinski definition) is 0. The fraction of sp³-hybridized carbons (Fsp3) is 0.200. The summed E-state index contributed by atoms with van der Waals surface area (Å²) < 4.78 is 81.7. The lowest BCUT2D eigenvalue weighted by molar-refractivity contribution is -0.142. The molecule has 0 aliphatic heterocycles. The second kappa shape index (κ2) is 7.91. The van der Waals surface area contributed by atoms with Gasteiger partial charge in [0.25, 0.3) is 0 Å². The minimum absolute atomic E-state index is 0.169. The number of aryl methyl sites for hydroxylation is 1. The van der Waals surface area contributed by atoms with Crippen LogP contribution in [0, 0.1) is 17.5 Å². The van der Waals surface area contributed by atoms with E-state index in [1.807, 2.05) is 12.1 Å². The zero-order valence-corrected chi connectivity index (χ0v) is 16.6. The summed E-state index contributed by atoms with van der Waals surface area (Å²) in [6.07, 6.45) is -2.08. The smallest absolute Gasteiger partial charge is 0.206 e. The van der Waals surface area contributed by atoms with Crippen LogP contribution in [0.5, 0.6) is 0 Å². The fourth-order valence-corrected chi connectivity index (χ4v) is 3.92. The molecule has 4 rings (SSSR count). The molecule has 0 nitrogen and oxygen atoms in total. The zero-order chi connectivity index (χ0) is 22.3. The number of rotatable bonds is 4. The number of unbranched alkanes of at least 4 members (excludes halogenated alkanes) is 1. The molecule has 0 saturated carbocycles. The van der Waals surface area contributed by atoms with Gasteiger partial charge in [0.1, 0.15) is 23.0 Å². The maximum atomic E-state index is 15.3. The lowest BCUT2D eigenvalue weighted by Gasteiger charge is -2.13. The molecule has 0 saturated heterocycles. The highest BCUT2D eigenvalue weighted by atomic mass is 19.4. The molecular weight excluding hydrogens is 414 g/mol. The third-order valence-electron chi connectivity index (χ3n) is 5.47. The molecular formula is C25H18F6. The summed E-state index contributed by atoms with van der Waals surface area (Å²) in [6.45, 7) is 2.11. The first-order valence-corrected chi connectivity index (χ1v) is 9.91. The van der Waals surface area contributed by atoms with Crippen molar-refractivity contribution in [1.82, 2.24) is 0 Å². The second-order valence-corrected chi connectivity index (χ2v) is 7.56. The first-order chi connectivity index (χ1) is 14.7. The van der Waals surface area contributed by atoms with Crippen molar-refractivity contribution >= 4 is 21.5 Å². The van der Waals surface area contributed by atoms with E-state index in [9.17, 15) is 22.0 Å². The van der Waals surface area contributed by atoms with Gasteiger partial charge < -0.3 is 0 Å². The summed E-state index contributed by atoms with van der Waals surface area (Å²) in [6, 6.07) is 13.3. The number of hydrogen-bond donors (Lipinski definition) is 0. The Morgan fingerprint density at radius 1 is 0.742 bits per heavy atom. The van der Waals surface area contributed by atoms with Crippen molar-refractivity contribution in [3.63, 3.8) is 0 Å². The van der Waals surface area contributed by atoms with E-state index in [0.717, 1.165) is 30.0 Å². The topological polar surface area (TPSA) is 0 Å². The van der Waals surface area contributed by atoms with Gasteiger partial charge in [0.2, 0.25) is 0 Å². The molecule has 160 valence electrons. The molecule has 0 N–H and O–H groups in total. The summed E-state index contributed by atoms with van der Waals surface area (Å²) in [5.41, 5.74) is -1.26. The first kappa shape index (κ1) is 21.2. The van der Waals surface area contributed by atoms with Gasteiger partial charge >= 0.3 is 6.18 Å². The van der Waals surface area contributed by atoms with E-state index in [0.29, 0.717) is 17.5 Å². The second-order valence-electron chi connectivity index (χ2n) is 7.56. The fourth-order valence-electron chi connectivity index (χ4n) is 3.92. The van der Waals surface area contributed by atoms with E-state index in [1.165, 1.54) is 11.6 Å². The normalized spacial score (nSPS) is 12.1. The largest absolute Gasteiger partial charge is 0.422 e. The lowest BCUT2D eigenvalue weighted by Crippen LogP contribution is -2.11. The summed E-state index contributed by atoms with van der Waals surface area (Å²) >= 11 is 0. The summed E-state index contributed by atoms with van der Waals surface area (Å²) in [5.74, 6) is -4.30. The van der Waals surface area contributed by atoms with Crippen LogP contribution >= 0.6 is 0 Å². The van der Waals surface area contributed by atoms with Crippen LogP contribution in [0.25, 0.3) is 32.7 Å². The van der Waals surface area contributed by atoms with Gasteiger partial charge in [0, 0.05) is 10.9 Å². The zero-order valence-electron chi connectivity index (χ0n) is 16.6. The average molecular weight is 432 g/mol. The van der Waals surface area contributed by atoms with Crippen LogP contribution in [0.1, 0.15) is 30.9 Å². The molecule has 31 heavy (non-hydrogen) atoms. The monoisotopic (exact) mass is 432 g/mol. The van der Waals surface area contributed by atoms with Gasteiger partial charge in [-0.05, 0) is 52.3 Å². The van der Waals surface area contributed by atoms with E-state index < -0.39 is 29.2 Å².